The molecule has 0 heterocycles. The maximum atomic E-state index is 12.8. The maximum absolute atomic E-state index is 12.8. The number of allylic oxidation sites excluding steroid dienone is 2. The SMILES string of the molecule is O=C(NC1=CC(=O)c2ccccc2C1=O)Nc1ccc(F)cc1. The fraction of sp³-hybridized carbons (Fsp3) is 0. The molecule has 6 heteroatoms. The average Bonchev–Trinajstić information content (AvgIpc) is 2.54. The van der Waals surface area contributed by atoms with Crippen LogP contribution in [0.4, 0.5) is 14.9 Å². The lowest BCUT2D eigenvalue weighted by molar-refractivity contribution is 0.0979. The van der Waals surface area contributed by atoms with Gasteiger partial charge in [-0.25, -0.2) is 9.18 Å². The first kappa shape index (κ1) is 14.6. The van der Waals surface area contributed by atoms with Crippen LogP contribution in [0.2, 0.25) is 0 Å². The van der Waals surface area contributed by atoms with Crippen LogP contribution in [0.25, 0.3) is 0 Å². The molecule has 5 nitrogen and oxygen atoms in total. The number of nitrogens with one attached hydrogen (secondary N) is 2. The van der Waals surface area contributed by atoms with Crippen molar-refractivity contribution >= 4 is 23.3 Å². The van der Waals surface area contributed by atoms with E-state index in [1.54, 1.807) is 18.2 Å². The summed E-state index contributed by atoms with van der Waals surface area (Å²) in [6.45, 7) is 0. The molecule has 114 valence electrons. The third-order valence-corrected chi connectivity index (χ3v) is 3.31. The zero-order chi connectivity index (χ0) is 16.4. The number of carbonyl (C=O) groups is 3. The van der Waals surface area contributed by atoms with E-state index >= 15 is 0 Å². The van der Waals surface area contributed by atoms with Gasteiger partial charge in [0, 0.05) is 22.9 Å². The fourth-order valence-corrected chi connectivity index (χ4v) is 2.23. The number of rotatable bonds is 2. The van der Waals surface area contributed by atoms with Crippen LogP contribution in [0.3, 0.4) is 0 Å². The zero-order valence-corrected chi connectivity index (χ0v) is 11.8. The third kappa shape index (κ3) is 3.01. The van der Waals surface area contributed by atoms with Crippen molar-refractivity contribution < 1.29 is 18.8 Å². The molecule has 0 unspecified atom stereocenters. The molecule has 0 aliphatic heterocycles. The summed E-state index contributed by atoms with van der Waals surface area (Å²) in [7, 11) is 0. The number of benzene rings is 2. The summed E-state index contributed by atoms with van der Waals surface area (Å²) in [5, 5.41) is 4.80. The lowest BCUT2D eigenvalue weighted by Gasteiger charge is -2.16. The molecule has 0 aromatic heterocycles. The predicted molar refractivity (Wildman–Crippen MR) is 81.7 cm³/mol. The Bertz CT molecular complexity index is 841. The number of urea groups is 1. The monoisotopic (exact) mass is 310 g/mol. The molecule has 0 bridgehead atoms. The van der Waals surface area contributed by atoms with Crippen molar-refractivity contribution in [2.45, 2.75) is 0 Å². The highest BCUT2D eigenvalue weighted by atomic mass is 19.1. The number of halogens is 1. The van der Waals surface area contributed by atoms with Gasteiger partial charge in [-0.2, -0.15) is 0 Å². The van der Waals surface area contributed by atoms with Crippen molar-refractivity contribution in [3.8, 4) is 0 Å². The van der Waals surface area contributed by atoms with Crippen LogP contribution in [0.15, 0.2) is 60.3 Å². The molecule has 1 aliphatic rings. The summed E-state index contributed by atoms with van der Waals surface area (Å²) >= 11 is 0. The van der Waals surface area contributed by atoms with Gasteiger partial charge in [-0.15, -0.1) is 0 Å². The van der Waals surface area contributed by atoms with Gasteiger partial charge >= 0.3 is 6.03 Å². The summed E-state index contributed by atoms with van der Waals surface area (Å²) < 4.78 is 12.8. The fourth-order valence-electron chi connectivity index (χ4n) is 2.23. The Morgan fingerprint density at radius 2 is 1.52 bits per heavy atom. The lowest BCUT2D eigenvalue weighted by Crippen LogP contribution is -2.34. The molecule has 23 heavy (non-hydrogen) atoms. The first-order valence-electron chi connectivity index (χ1n) is 6.78. The van der Waals surface area contributed by atoms with Crippen molar-refractivity contribution in [3.05, 3.63) is 77.2 Å². The number of ketones is 2. The van der Waals surface area contributed by atoms with Crippen LogP contribution in [-0.2, 0) is 0 Å². The van der Waals surface area contributed by atoms with Crippen LogP contribution in [-0.4, -0.2) is 17.6 Å². The Hall–Kier alpha value is -3.28. The minimum atomic E-state index is -0.691. The minimum Gasteiger partial charge on any atom is -0.308 e. The van der Waals surface area contributed by atoms with Crippen LogP contribution in [0.5, 0.6) is 0 Å². The van der Waals surface area contributed by atoms with Gasteiger partial charge in [0.2, 0.25) is 5.78 Å². The van der Waals surface area contributed by atoms with Gasteiger partial charge in [-0.1, -0.05) is 24.3 Å². The second kappa shape index (κ2) is 5.84. The Kier molecular flexibility index (Phi) is 3.72. The molecule has 2 aromatic rings. The molecule has 2 N–H and O–H groups in total. The first-order chi connectivity index (χ1) is 11.0. The van der Waals surface area contributed by atoms with E-state index < -0.39 is 17.6 Å². The molecule has 2 aromatic carbocycles. The van der Waals surface area contributed by atoms with Crippen LogP contribution in [0.1, 0.15) is 20.7 Å². The molecule has 1 aliphatic carbocycles. The van der Waals surface area contributed by atoms with Gasteiger partial charge in [-0.05, 0) is 24.3 Å². The summed E-state index contributed by atoms with van der Waals surface area (Å²) in [5.74, 6) is -1.21. The zero-order valence-electron chi connectivity index (χ0n) is 11.8. The van der Waals surface area contributed by atoms with Gasteiger partial charge in [-0.3, -0.25) is 9.59 Å². The standard InChI is InChI=1S/C17H11FN2O3/c18-10-5-7-11(8-6-10)19-17(23)20-14-9-15(21)12-3-1-2-4-13(12)16(14)22/h1-9H,(H2,19,20,23). The number of Topliss-reactive ketones (excluding diaryl/α,β-unsaturated/α-hetero) is 1. The van der Waals surface area contributed by atoms with Crippen LogP contribution in [0, 0.1) is 5.82 Å². The van der Waals surface area contributed by atoms with Crippen LogP contribution >= 0.6 is 0 Å². The molecule has 3 rings (SSSR count). The lowest BCUT2D eigenvalue weighted by atomic mass is 9.93. The Morgan fingerprint density at radius 1 is 0.870 bits per heavy atom. The van der Waals surface area contributed by atoms with Gasteiger partial charge in [0.05, 0.1) is 5.70 Å². The molecule has 0 fully saturated rings. The summed E-state index contributed by atoms with van der Waals surface area (Å²) in [6.07, 6.45) is 1.09. The Balaban J connectivity index is 1.75. The Labute approximate surface area is 130 Å². The molecular weight excluding hydrogens is 299 g/mol. The van der Waals surface area contributed by atoms with Gasteiger partial charge in [0.25, 0.3) is 0 Å². The molecule has 0 spiro atoms. The van der Waals surface area contributed by atoms with Crippen molar-refractivity contribution in [2.75, 3.05) is 5.32 Å². The molecular formula is C17H11FN2O3. The smallest absolute Gasteiger partial charge is 0.308 e. The van der Waals surface area contributed by atoms with E-state index in [1.165, 1.54) is 30.3 Å². The highest BCUT2D eigenvalue weighted by molar-refractivity contribution is 6.25. The maximum Gasteiger partial charge on any atom is 0.323 e. The molecule has 0 saturated heterocycles. The number of hydrogen-bond acceptors (Lipinski definition) is 3. The molecule has 2 amide bonds. The van der Waals surface area contributed by atoms with E-state index in [9.17, 15) is 18.8 Å². The quantitative estimate of drug-likeness (QED) is 0.895. The second-order valence-electron chi connectivity index (χ2n) is 4.88. The number of anilines is 1. The highest BCUT2D eigenvalue weighted by Gasteiger charge is 2.26. The largest absolute Gasteiger partial charge is 0.323 e. The number of carbonyl (C=O) groups excluding carboxylic acids is 3. The first-order valence-corrected chi connectivity index (χ1v) is 6.78. The van der Waals surface area contributed by atoms with E-state index in [0.29, 0.717) is 11.3 Å². The summed E-state index contributed by atoms with van der Waals surface area (Å²) in [5.41, 5.74) is 0.812. The molecule has 0 atom stereocenters. The van der Waals surface area contributed by atoms with Crippen molar-refractivity contribution in [1.82, 2.24) is 5.32 Å². The van der Waals surface area contributed by atoms with Crippen molar-refractivity contribution in [3.63, 3.8) is 0 Å². The minimum absolute atomic E-state index is 0.103. The molecule has 0 saturated carbocycles. The van der Waals surface area contributed by atoms with Gasteiger partial charge < -0.3 is 10.6 Å². The predicted octanol–water partition coefficient (Wildman–Crippen LogP) is 2.91. The van der Waals surface area contributed by atoms with Gasteiger partial charge in [0.1, 0.15) is 5.82 Å². The van der Waals surface area contributed by atoms with E-state index in [1.807, 2.05) is 0 Å². The van der Waals surface area contributed by atoms with Crippen molar-refractivity contribution in [1.29, 1.82) is 0 Å². The van der Waals surface area contributed by atoms with Crippen LogP contribution < -0.4 is 10.6 Å². The number of hydrogen-bond donors (Lipinski definition) is 2. The van der Waals surface area contributed by atoms with E-state index in [-0.39, 0.29) is 17.0 Å². The van der Waals surface area contributed by atoms with Gasteiger partial charge in [0.15, 0.2) is 5.78 Å². The highest BCUT2D eigenvalue weighted by Crippen LogP contribution is 2.19. The topological polar surface area (TPSA) is 75.3 Å². The van der Waals surface area contributed by atoms with E-state index in [4.69, 9.17) is 0 Å². The summed E-state index contributed by atoms with van der Waals surface area (Å²) in [4.78, 5) is 36.2. The average molecular weight is 310 g/mol. The normalized spacial score (nSPS) is 13.2. The van der Waals surface area contributed by atoms with E-state index in [0.717, 1.165) is 6.08 Å². The number of fused-ring (bicyclic) bond motifs is 1. The van der Waals surface area contributed by atoms with Crippen molar-refractivity contribution in [2.24, 2.45) is 0 Å². The third-order valence-electron chi connectivity index (χ3n) is 3.31. The molecule has 0 radical (unpaired) electrons. The van der Waals surface area contributed by atoms with E-state index in [2.05, 4.69) is 10.6 Å². The summed E-state index contributed by atoms with van der Waals surface area (Å²) in [6, 6.07) is 10.9. The number of amides is 2. The second-order valence-corrected chi connectivity index (χ2v) is 4.88. The Morgan fingerprint density at radius 3 is 2.22 bits per heavy atom.